The summed E-state index contributed by atoms with van der Waals surface area (Å²) in [5.41, 5.74) is 1.53. The highest BCUT2D eigenvalue weighted by Gasteiger charge is 2.18. The summed E-state index contributed by atoms with van der Waals surface area (Å²) in [6.07, 6.45) is 3.06. The molecule has 0 unspecified atom stereocenters. The fraction of sp³-hybridized carbons (Fsp3) is 0.182. The summed E-state index contributed by atoms with van der Waals surface area (Å²) >= 11 is 0. The first kappa shape index (κ1) is 19.5. The lowest BCUT2D eigenvalue weighted by atomic mass is 10.1. The Morgan fingerprint density at radius 1 is 1.03 bits per heavy atom. The van der Waals surface area contributed by atoms with Gasteiger partial charge < -0.3 is 10.2 Å². The Hall–Kier alpha value is -3.81. The molecule has 4 rings (SSSR count). The fourth-order valence-electron chi connectivity index (χ4n) is 2.95. The van der Waals surface area contributed by atoms with Crippen LogP contribution in [-0.2, 0) is 0 Å². The highest BCUT2D eigenvalue weighted by Crippen LogP contribution is 2.26. The molecule has 0 saturated heterocycles. The molecular weight excluding hydrogens is 385 g/mol. The van der Waals surface area contributed by atoms with Crippen molar-refractivity contribution in [1.82, 2.24) is 19.7 Å². The van der Waals surface area contributed by atoms with Gasteiger partial charge in [-0.05, 0) is 62.7 Å². The number of rotatable bonds is 4. The largest absolute Gasteiger partial charge is 0.402 e. The smallest absolute Gasteiger partial charge is 0.384 e. The molecule has 3 aromatic heterocycles. The molecule has 8 heteroatoms. The third-order valence-electron chi connectivity index (χ3n) is 4.17. The molecule has 1 N–H and O–H groups in total. The maximum atomic E-state index is 13.1. The number of nitrogens with zero attached hydrogens (tertiary/aromatic N) is 4. The molecule has 0 fully saturated rings. The monoisotopic (exact) mass is 405 g/mol. The first-order valence-corrected chi connectivity index (χ1v) is 9.36. The van der Waals surface area contributed by atoms with Gasteiger partial charge in [-0.1, -0.05) is 12.1 Å². The third kappa shape index (κ3) is 4.12. The van der Waals surface area contributed by atoms with Crippen molar-refractivity contribution < 1.29 is 9.23 Å². The maximum Gasteiger partial charge on any atom is 0.384 e. The van der Waals surface area contributed by atoms with Crippen molar-refractivity contribution in [2.45, 2.75) is 26.4 Å². The summed E-state index contributed by atoms with van der Waals surface area (Å²) < 4.78 is 14.2. The van der Waals surface area contributed by atoms with E-state index in [9.17, 15) is 9.18 Å². The zero-order chi connectivity index (χ0) is 21.3. The molecule has 0 aliphatic heterocycles. The Bertz CT molecular complexity index is 1260. The maximum absolute atomic E-state index is 13.1. The van der Waals surface area contributed by atoms with Gasteiger partial charge in [-0.15, -0.1) is 4.73 Å². The molecule has 0 saturated carbocycles. The van der Waals surface area contributed by atoms with Crippen molar-refractivity contribution in [1.29, 1.82) is 0 Å². The van der Waals surface area contributed by atoms with Crippen LogP contribution in [0.5, 0.6) is 0 Å². The fourth-order valence-corrected chi connectivity index (χ4v) is 2.95. The lowest BCUT2D eigenvalue weighted by Gasteiger charge is -2.22. The van der Waals surface area contributed by atoms with Gasteiger partial charge in [-0.2, -0.15) is 9.37 Å². The molecule has 1 aromatic carbocycles. The second-order valence-corrected chi connectivity index (χ2v) is 7.69. The molecule has 0 bridgehead atoms. The Morgan fingerprint density at radius 3 is 2.60 bits per heavy atom. The Kier molecular flexibility index (Phi) is 4.91. The molecule has 0 aliphatic rings. The van der Waals surface area contributed by atoms with Gasteiger partial charge in [0.25, 0.3) is 0 Å². The van der Waals surface area contributed by atoms with Gasteiger partial charge in [0.15, 0.2) is 5.65 Å². The topological polar surface area (TPSA) is 81.9 Å². The van der Waals surface area contributed by atoms with Crippen LogP contribution in [0.2, 0.25) is 0 Å². The predicted molar refractivity (Wildman–Crippen MR) is 113 cm³/mol. The van der Waals surface area contributed by atoms with Crippen LogP contribution < -0.4 is 15.8 Å². The Labute approximate surface area is 172 Å². The molecule has 0 spiro atoms. The van der Waals surface area contributed by atoms with E-state index in [1.165, 1.54) is 12.3 Å². The summed E-state index contributed by atoms with van der Waals surface area (Å²) in [7, 11) is 0. The van der Waals surface area contributed by atoms with Gasteiger partial charge in [-0.25, -0.2) is 14.8 Å². The second-order valence-electron chi connectivity index (χ2n) is 7.69. The summed E-state index contributed by atoms with van der Waals surface area (Å²) in [6.45, 7) is 5.53. The average molecular weight is 405 g/mol. The molecule has 4 aromatic rings. The molecule has 7 nitrogen and oxygen atoms in total. The summed E-state index contributed by atoms with van der Waals surface area (Å²) in [5, 5.41) is 3.82. The predicted octanol–water partition coefficient (Wildman–Crippen LogP) is 3.96. The number of anilines is 2. The molecule has 0 aliphatic carbocycles. The van der Waals surface area contributed by atoms with Crippen LogP contribution in [0.25, 0.3) is 22.2 Å². The molecule has 0 atom stereocenters. The van der Waals surface area contributed by atoms with Crippen molar-refractivity contribution in [3.05, 3.63) is 77.4 Å². The minimum atomic E-state index is -0.595. The van der Waals surface area contributed by atoms with Crippen molar-refractivity contribution >= 4 is 22.5 Å². The van der Waals surface area contributed by atoms with Crippen LogP contribution >= 0.6 is 0 Å². The lowest BCUT2D eigenvalue weighted by Crippen LogP contribution is -2.39. The van der Waals surface area contributed by atoms with Gasteiger partial charge in [-0.3, -0.25) is 0 Å². The first-order valence-electron chi connectivity index (χ1n) is 9.36. The zero-order valence-electron chi connectivity index (χ0n) is 16.8. The van der Waals surface area contributed by atoms with E-state index < -0.39 is 17.2 Å². The number of halogens is 1. The molecule has 0 amide bonds. The van der Waals surface area contributed by atoms with Crippen molar-refractivity contribution in [3.63, 3.8) is 0 Å². The van der Waals surface area contributed by atoms with E-state index in [-0.39, 0.29) is 0 Å². The molecule has 30 heavy (non-hydrogen) atoms. The van der Waals surface area contributed by atoms with Crippen LogP contribution in [0.1, 0.15) is 20.8 Å². The van der Waals surface area contributed by atoms with Gasteiger partial charge in [0, 0.05) is 23.6 Å². The summed E-state index contributed by atoms with van der Waals surface area (Å²) in [4.78, 5) is 30.6. The highest BCUT2D eigenvalue weighted by molar-refractivity contribution is 5.88. The minimum absolute atomic E-state index is 0.367. The van der Waals surface area contributed by atoms with Gasteiger partial charge in [0.1, 0.15) is 11.4 Å². The molecule has 152 valence electrons. The van der Waals surface area contributed by atoms with E-state index in [4.69, 9.17) is 4.84 Å². The van der Waals surface area contributed by atoms with Gasteiger partial charge in [0.05, 0.1) is 5.39 Å². The zero-order valence-corrected chi connectivity index (χ0v) is 16.8. The van der Waals surface area contributed by atoms with E-state index in [1.807, 2.05) is 51.1 Å². The normalized spacial score (nSPS) is 11.5. The molecule has 0 radical (unpaired) electrons. The number of pyridine rings is 2. The average Bonchev–Trinajstić information content (AvgIpc) is 2.71. The highest BCUT2D eigenvalue weighted by atomic mass is 19.1. The number of fused-ring (bicyclic) bond motifs is 1. The van der Waals surface area contributed by atoms with E-state index >= 15 is 0 Å². The summed E-state index contributed by atoms with van der Waals surface area (Å²) in [6, 6.07) is 14.0. The Morgan fingerprint density at radius 2 is 1.87 bits per heavy atom. The van der Waals surface area contributed by atoms with Crippen LogP contribution in [0.3, 0.4) is 0 Å². The number of hydrogen-bond acceptors (Lipinski definition) is 6. The first-order chi connectivity index (χ1) is 14.3. The molecular formula is C22H20FN5O2. The van der Waals surface area contributed by atoms with Crippen molar-refractivity contribution in [3.8, 4) is 11.1 Å². The van der Waals surface area contributed by atoms with Crippen LogP contribution in [0.15, 0.2) is 65.7 Å². The van der Waals surface area contributed by atoms with Gasteiger partial charge in [0.2, 0.25) is 5.95 Å². The second kappa shape index (κ2) is 7.55. The lowest BCUT2D eigenvalue weighted by molar-refractivity contribution is -0.0160. The van der Waals surface area contributed by atoms with Crippen LogP contribution in [0, 0.1) is 5.95 Å². The number of hydrogen-bond donors (Lipinski definition) is 1. The molecule has 3 heterocycles. The third-order valence-corrected chi connectivity index (χ3v) is 4.17. The number of aromatic nitrogens is 4. The van der Waals surface area contributed by atoms with E-state index in [0.717, 1.165) is 15.9 Å². The Balaban J connectivity index is 1.75. The van der Waals surface area contributed by atoms with E-state index in [0.29, 0.717) is 22.5 Å². The van der Waals surface area contributed by atoms with Crippen LogP contribution in [-0.4, -0.2) is 25.3 Å². The summed E-state index contributed by atoms with van der Waals surface area (Å²) in [5.74, 6) is -0.166. The van der Waals surface area contributed by atoms with E-state index in [2.05, 4.69) is 20.3 Å². The van der Waals surface area contributed by atoms with Crippen molar-refractivity contribution in [2.75, 3.05) is 5.32 Å². The minimum Gasteiger partial charge on any atom is -0.402 e. The van der Waals surface area contributed by atoms with Gasteiger partial charge >= 0.3 is 5.69 Å². The number of nitrogens with one attached hydrogen (secondary N) is 1. The quantitative estimate of drug-likeness (QED) is 0.518. The SMILES string of the molecule is CC(C)(C)On1c(=O)nc(Nc2cccc(-c3ccc(F)nc3)c2)c2cccnc21. The standard InChI is InChI=1S/C22H20FN5O2/c1-22(2,3)30-28-20-17(8-5-11-24-20)19(27-21(28)29)26-16-7-4-6-14(12-16)15-9-10-18(23)25-13-15/h4-13H,1-3H3,(H,26,27,29). The van der Waals surface area contributed by atoms with Crippen LogP contribution in [0.4, 0.5) is 15.9 Å². The van der Waals surface area contributed by atoms with E-state index in [1.54, 1.807) is 18.3 Å². The number of benzene rings is 1. The van der Waals surface area contributed by atoms with Crippen molar-refractivity contribution in [2.24, 2.45) is 0 Å².